The first-order chi connectivity index (χ1) is 8.20. The number of esters is 1. The largest absolute Gasteiger partial charge is 0.469 e. The summed E-state index contributed by atoms with van der Waals surface area (Å²) in [5.41, 5.74) is 1.88. The first kappa shape index (κ1) is 11.9. The highest BCUT2D eigenvalue weighted by Gasteiger charge is 2.09. The zero-order chi connectivity index (χ0) is 12.3. The third-order valence-electron chi connectivity index (χ3n) is 2.33. The average molecular weight is 295 g/mol. The lowest BCUT2D eigenvalue weighted by Crippen LogP contribution is -2.05. The number of rotatable bonds is 3. The molecule has 4 nitrogen and oxygen atoms in total. The molecule has 0 bridgehead atoms. The van der Waals surface area contributed by atoms with Crippen molar-refractivity contribution in [2.75, 3.05) is 7.11 Å². The summed E-state index contributed by atoms with van der Waals surface area (Å²) in [6.45, 7) is 0. The van der Waals surface area contributed by atoms with Crippen molar-refractivity contribution in [1.82, 2.24) is 9.97 Å². The van der Waals surface area contributed by atoms with E-state index in [0.717, 1.165) is 15.7 Å². The van der Waals surface area contributed by atoms with Gasteiger partial charge < -0.3 is 9.72 Å². The number of imidazole rings is 1. The molecular weight excluding hydrogens is 284 g/mol. The van der Waals surface area contributed by atoms with Crippen LogP contribution in [0, 0.1) is 0 Å². The van der Waals surface area contributed by atoms with Gasteiger partial charge in [-0.2, -0.15) is 0 Å². The average Bonchev–Trinajstić information content (AvgIpc) is 2.78. The van der Waals surface area contributed by atoms with Crippen molar-refractivity contribution in [2.24, 2.45) is 0 Å². The molecular formula is C12H11BrN2O2. The van der Waals surface area contributed by atoms with E-state index in [1.165, 1.54) is 7.11 Å². The maximum Gasteiger partial charge on any atom is 0.313 e. The van der Waals surface area contributed by atoms with E-state index >= 15 is 0 Å². The number of hydrogen-bond acceptors (Lipinski definition) is 3. The fourth-order valence-electron chi connectivity index (χ4n) is 1.48. The van der Waals surface area contributed by atoms with Gasteiger partial charge in [0.2, 0.25) is 0 Å². The van der Waals surface area contributed by atoms with Crippen LogP contribution in [-0.2, 0) is 16.0 Å². The minimum atomic E-state index is -0.307. The summed E-state index contributed by atoms with van der Waals surface area (Å²) in [5.74, 6) is 0.292. The summed E-state index contributed by atoms with van der Waals surface area (Å²) in [6, 6.07) is 7.82. The number of methoxy groups -OCH3 is 1. The monoisotopic (exact) mass is 294 g/mol. The highest BCUT2D eigenvalue weighted by Crippen LogP contribution is 2.26. The molecule has 88 valence electrons. The Labute approximate surface area is 107 Å². The van der Waals surface area contributed by atoms with Crippen molar-refractivity contribution >= 4 is 21.9 Å². The summed E-state index contributed by atoms with van der Waals surface area (Å²) < 4.78 is 5.56. The number of H-pyrrole nitrogens is 1. The Bertz CT molecular complexity index is 537. The first-order valence-corrected chi connectivity index (χ1v) is 5.85. The molecule has 0 saturated carbocycles. The zero-order valence-corrected chi connectivity index (χ0v) is 10.8. The summed E-state index contributed by atoms with van der Waals surface area (Å²) in [5, 5.41) is 0. The van der Waals surface area contributed by atoms with E-state index < -0.39 is 0 Å². The van der Waals surface area contributed by atoms with Gasteiger partial charge in [0.15, 0.2) is 0 Å². The van der Waals surface area contributed by atoms with E-state index in [9.17, 15) is 4.79 Å². The topological polar surface area (TPSA) is 55.0 Å². The van der Waals surface area contributed by atoms with Gasteiger partial charge in [-0.3, -0.25) is 4.79 Å². The number of carbonyl (C=O) groups is 1. The molecule has 1 heterocycles. The van der Waals surface area contributed by atoms with E-state index in [1.54, 1.807) is 6.20 Å². The lowest BCUT2D eigenvalue weighted by molar-refractivity contribution is -0.139. The fraction of sp³-hybridized carbons (Fsp3) is 0.167. The normalized spacial score (nSPS) is 10.2. The van der Waals surface area contributed by atoms with Gasteiger partial charge in [-0.15, -0.1) is 0 Å². The molecule has 0 aliphatic carbocycles. The highest BCUT2D eigenvalue weighted by molar-refractivity contribution is 9.10. The van der Waals surface area contributed by atoms with Crippen LogP contribution >= 0.6 is 15.9 Å². The van der Waals surface area contributed by atoms with E-state index in [2.05, 4.69) is 30.6 Å². The van der Waals surface area contributed by atoms with Crippen LogP contribution < -0.4 is 0 Å². The van der Waals surface area contributed by atoms with Crippen LogP contribution in [-0.4, -0.2) is 23.0 Å². The van der Waals surface area contributed by atoms with Crippen molar-refractivity contribution in [3.05, 3.63) is 40.8 Å². The predicted octanol–water partition coefficient (Wildman–Crippen LogP) is 2.55. The van der Waals surface area contributed by atoms with Gasteiger partial charge >= 0.3 is 5.97 Å². The second-order valence-electron chi connectivity index (χ2n) is 3.48. The van der Waals surface area contributed by atoms with Crippen molar-refractivity contribution < 1.29 is 9.53 Å². The smallest absolute Gasteiger partial charge is 0.313 e. The van der Waals surface area contributed by atoms with Crippen molar-refractivity contribution in [1.29, 1.82) is 0 Å². The Kier molecular flexibility index (Phi) is 3.58. The lowest BCUT2D eigenvalue weighted by atomic mass is 10.2. The van der Waals surface area contributed by atoms with Crippen molar-refractivity contribution in [3.8, 4) is 11.3 Å². The molecule has 1 aromatic carbocycles. The minimum Gasteiger partial charge on any atom is -0.469 e. The molecule has 0 spiro atoms. The molecule has 1 aromatic heterocycles. The SMILES string of the molecule is COC(=O)Cc1ncc(-c2ccccc2Br)[nH]1. The molecule has 2 rings (SSSR count). The van der Waals surface area contributed by atoms with Crippen LogP contribution in [0.3, 0.4) is 0 Å². The third-order valence-corrected chi connectivity index (χ3v) is 3.02. The summed E-state index contributed by atoms with van der Waals surface area (Å²) >= 11 is 3.47. The number of ether oxygens (including phenoxy) is 1. The van der Waals surface area contributed by atoms with Gasteiger partial charge in [0.25, 0.3) is 0 Å². The molecule has 0 unspecified atom stereocenters. The predicted molar refractivity (Wildman–Crippen MR) is 67.4 cm³/mol. The summed E-state index contributed by atoms with van der Waals surface area (Å²) in [6.07, 6.45) is 1.86. The number of nitrogens with one attached hydrogen (secondary N) is 1. The highest BCUT2D eigenvalue weighted by atomic mass is 79.9. The van der Waals surface area contributed by atoms with Crippen LogP contribution in [0.25, 0.3) is 11.3 Å². The van der Waals surface area contributed by atoms with Crippen molar-refractivity contribution in [3.63, 3.8) is 0 Å². The lowest BCUT2D eigenvalue weighted by Gasteiger charge is -2.00. The second kappa shape index (κ2) is 5.14. The molecule has 17 heavy (non-hydrogen) atoms. The second-order valence-corrected chi connectivity index (χ2v) is 4.33. The maximum atomic E-state index is 11.1. The number of benzene rings is 1. The zero-order valence-electron chi connectivity index (χ0n) is 9.24. The van der Waals surface area contributed by atoms with E-state index in [4.69, 9.17) is 0 Å². The Morgan fingerprint density at radius 1 is 1.47 bits per heavy atom. The number of nitrogens with zero attached hydrogens (tertiary/aromatic N) is 1. The molecule has 0 atom stereocenters. The molecule has 0 aliphatic heterocycles. The van der Waals surface area contributed by atoms with E-state index in [1.807, 2.05) is 24.3 Å². The van der Waals surface area contributed by atoms with Gasteiger partial charge in [-0.25, -0.2) is 4.98 Å². The number of aromatic nitrogens is 2. The molecule has 0 amide bonds. The van der Waals surface area contributed by atoms with Gasteiger partial charge in [-0.05, 0) is 6.07 Å². The van der Waals surface area contributed by atoms with Crippen LogP contribution in [0.4, 0.5) is 0 Å². The van der Waals surface area contributed by atoms with Gasteiger partial charge in [-0.1, -0.05) is 34.1 Å². The molecule has 0 saturated heterocycles. The number of hydrogen-bond donors (Lipinski definition) is 1. The number of halogens is 1. The summed E-state index contributed by atoms with van der Waals surface area (Å²) in [4.78, 5) is 18.3. The molecule has 0 fully saturated rings. The Hall–Kier alpha value is -1.62. The molecule has 0 aliphatic rings. The minimum absolute atomic E-state index is 0.154. The van der Waals surface area contributed by atoms with Gasteiger partial charge in [0.1, 0.15) is 12.2 Å². The van der Waals surface area contributed by atoms with Crippen LogP contribution in [0.2, 0.25) is 0 Å². The Morgan fingerprint density at radius 2 is 2.24 bits per heavy atom. The van der Waals surface area contributed by atoms with Gasteiger partial charge in [0, 0.05) is 10.0 Å². The molecule has 5 heteroatoms. The fourth-order valence-corrected chi connectivity index (χ4v) is 1.98. The number of aromatic amines is 1. The van der Waals surface area contributed by atoms with Crippen LogP contribution in [0.1, 0.15) is 5.82 Å². The van der Waals surface area contributed by atoms with Crippen LogP contribution in [0.15, 0.2) is 34.9 Å². The standard InChI is InChI=1S/C12H11BrN2O2/c1-17-12(16)6-11-14-7-10(15-11)8-4-2-3-5-9(8)13/h2-5,7H,6H2,1H3,(H,14,15). The van der Waals surface area contributed by atoms with Crippen molar-refractivity contribution in [2.45, 2.75) is 6.42 Å². The van der Waals surface area contributed by atoms with E-state index in [-0.39, 0.29) is 12.4 Å². The van der Waals surface area contributed by atoms with Crippen LogP contribution in [0.5, 0.6) is 0 Å². The van der Waals surface area contributed by atoms with Gasteiger partial charge in [0.05, 0.1) is 19.0 Å². The third kappa shape index (κ3) is 2.74. The Morgan fingerprint density at radius 3 is 2.94 bits per heavy atom. The first-order valence-electron chi connectivity index (χ1n) is 5.06. The number of carbonyl (C=O) groups excluding carboxylic acids is 1. The molecule has 2 aromatic rings. The molecule has 0 radical (unpaired) electrons. The maximum absolute atomic E-state index is 11.1. The summed E-state index contributed by atoms with van der Waals surface area (Å²) in [7, 11) is 1.36. The Balaban J connectivity index is 2.24. The molecule has 1 N–H and O–H groups in total. The van der Waals surface area contributed by atoms with E-state index in [0.29, 0.717) is 5.82 Å². The quantitative estimate of drug-likeness (QED) is 0.885.